The van der Waals surface area contributed by atoms with Crippen molar-refractivity contribution < 1.29 is 0 Å². The standard InChI is InChI=1S/C11H18N2/c1-3-10-11(13-7-12-10)6-9-5-4-8(9)2/h3,6,8-9,12-13H,4-5,7H2,1-2H3/b10-3+,11-6+/t8-,9?/m0/s1. The van der Waals surface area contributed by atoms with Gasteiger partial charge >= 0.3 is 0 Å². The third-order valence-corrected chi connectivity index (χ3v) is 3.20. The fourth-order valence-corrected chi connectivity index (χ4v) is 1.99. The van der Waals surface area contributed by atoms with Crippen LogP contribution in [0.15, 0.2) is 23.5 Å². The fourth-order valence-electron chi connectivity index (χ4n) is 1.99. The zero-order valence-electron chi connectivity index (χ0n) is 8.43. The molecule has 1 unspecified atom stereocenters. The van der Waals surface area contributed by atoms with E-state index in [-0.39, 0.29) is 0 Å². The molecule has 1 heterocycles. The molecule has 13 heavy (non-hydrogen) atoms. The summed E-state index contributed by atoms with van der Waals surface area (Å²) >= 11 is 0. The maximum atomic E-state index is 3.36. The van der Waals surface area contributed by atoms with Gasteiger partial charge in [0.05, 0.1) is 18.1 Å². The minimum Gasteiger partial charge on any atom is -0.367 e. The first-order chi connectivity index (χ1) is 6.31. The van der Waals surface area contributed by atoms with Crippen LogP contribution in [0.4, 0.5) is 0 Å². The number of nitrogens with one attached hydrogen (secondary N) is 2. The summed E-state index contributed by atoms with van der Waals surface area (Å²) in [4.78, 5) is 0. The second-order valence-corrected chi connectivity index (χ2v) is 4.03. The molecule has 1 saturated carbocycles. The lowest BCUT2D eigenvalue weighted by Gasteiger charge is -2.31. The molecule has 2 heteroatoms. The van der Waals surface area contributed by atoms with Crippen molar-refractivity contribution in [3.8, 4) is 0 Å². The van der Waals surface area contributed by atoms with Gasteiger partial charge in [-0.15, -0.1) is 0 Å². The molecule has 0 aromatic carbocycles. The van der Waals surface area contributed by atoms with E-state index in [4.69, 9.17) is 0 Å². The molecule has 2 fully saturated rings. The molecule has 2 N–H and O–H groups in total. The number of rotatable bonds is 1. The van der Waals surface area contributed by atoms with Crippen LogP contribution in [0.25, 0.3) is 0 Å². The summed E-state index contributed by atoms with van der Waals surface area (Å²) in [7, 11) is 0. The van der Waals surface area contributed by atoms with Crippen LogP contribution in [0.5, 0.6) is 0 Å². The van der Waals surface area contributed by atoms with Crippen molar-refractivity contribution in [1.82, 2.24) is 10.6 Å². The quantitative estimate of drug-likeness (QED) is 0.641. The molecule has 0 spiro atoms. The molecule has 0 aromatic heterocycles. The van der Waals surface area contributed by atoms with Gasteiger partial charge in [-0.05, 0) is 31.6 Å². The van der Waals surface area contributed by atoms with E-state index in [1.807, 2.05) is 0 Å². The van der Waals surface area contributed by atoms with Gasteiger partial charge in [0.1, 0.15) is 0 Å². The first-order valence-corrected chi connectivity index (χ1v) is 5.17. The fraction of sp³-hybridized carbons (Fsp3) is 0.636. The van der Waals surface area contributed by atoms with E-state index >= 15 is 0 Å². The highest BCUT2D eigenvalue weighted by molar-refractivity contribution is 5.32. The van der Waals surface area contributed by atoms with E-state index < -0.39 is 0 Å². The van der Waals surface area contributed by atoms with Crippen molar-refractivity contribution in [2.45, 2.75) is 26.7 Å². The van der Waals surface area contributed by atoms with Gasteiger partial charge in [-0.2, -0.15) is 0 Å². The molecule has 1 aliphatic carbocycles. The lowest BCUT2D eigenvalue weighted by atomic mass is 9.74. The van der Waals surface area contributed by atoms with Gasteiger partial charge < -0.3 is 10.6 Å². The third kappa shape index (κ3) is 1.58. The first kappa shape index (κ1) is 8.67. The summed E-state index contributed by atoms with van der Waals surface area (Å²) in [6.07, 6.45) is 7.29. The third-order valence-electron chi connectivity index (χ3n) is 3.20. The Morgan fingerprint density at radius 3 is 2.54 bits per heavy atom. The summed E-state index contributed by atoms with van der Waals surface area (Å²) in [5.41, 5.74) is 2.57. The summed E-state index contributed by atoms with van der Waals surface area (Å²) in [6.45, 7) is 5.29. The highest BCUT2D eigenvalue weighted by Crippen LogP contribution is 2.35. The molecular formula is C11H18N2. The molecule has 1 aliphatic heterocycles. The molecule has 72 valence electrons. The first-order valence-electron chi connectivity index (χ1n) is 5.17. The minimum atomic E-state index is 0.803. The SMILES string of the molecule is C/C=C1/NCN/C1=C/C1CC[C@@H]1C. The monoisotopic (exact) mass is 178 g/mol. The summed E-state index contributed by atoms with van der Waals surface area (Å²) in [6, 6.07) is 0. The van der Waals surface area contributed by atoms with Crippen molar-refractivity contribution in [3.05, 3.63) is 23.5 Å². The second-order valence-electron chi connectivity index (χ2n) is 4.03. The Hall–Kier alpha value is -0.920. The van der Waals surface area contributed by atoms with Crippen molar-refractivity contribution in [3.63, 3.8) is 0 Å². The van der Waals surface area contributed by atoms with Gasteiger partial charge in [0, 0.05) is 0 Å². The van der Waals surface area contributed by atoms with Crippen molar-refractivity contribution in [2.75, 3.05) is 6.67 Å². The molecule has 2 aliphatic rings. The Labute approximate surface area is 80.1 Å². The number of hydrogen-bond donors (Lipinski definition) is 2. The van der Waals surface area contributed by atoms with E-state index in [1.165, 1.54) is 24.2 Å². The predicted octanol–water partition coefficient (Wildman–Crippen LogP) is 1.97. The summed E-state index contributed by atoms with van der Waals surface area (Å²) < 4.78 is 0. The molecule has 0 amide bonds. The Balaban J connectivity index is 2.06. The molecular weight excluding hydrogens is 160 g/mol. The Morgan fingerprint density at radius 2 is 2.00 bits per heavy atom. The Kier molecular flexibility index (Phi) is 2.30. The van der Waals surface area contributed by atoms with Gasteiger partial charge in [-0.3, -0.25) is 0 Å². The van der Waals surface area contributed by atoms with E-state index in [9.17, 15) is 0 Å². The van der Waals surface area contributed by atoms with Gasteiger partial charge in [0.15, 0.2) is 0 Å². The number of hydrogen-bond acceptors (Lipinski definition) is 2. The van der Waals surface area contributed by atoms with Crippen LogP contribution in [0.3, 0.4) is 0 Å². The Morgan fingerprint density at radius 1 is 1.23 bits per heavy atom. The minimum absolute atomic E-state index is 0.803. The summed E-state index contributed by atoms with van der Waals surface area (Å²) in [5.74, 6) is 1.69. The van der Waals surface area contributed by atoms with Gasteiger partial charge in [-0.1, -0.05) is 19.1 Å². The zero-order chi connectivity index (χ0) is 9.26. The number of allylic oxidation sites excluding steroid dienone is 2. The Bertz CT molecular complexity index is 253. The van der Waals surface area contributed by atoms with Crippen LogP contribution >= 0.6 is 0 Å². The molecule has 2 nitrogen and oxygen atoms in total. The summed E-state index contributed by atoms with van der Waals surface area (Å²) in [5, 5.41) is 6.67. The van der Waals surface area contributed by atoms with Crippen LogP contribution in [0.2, 0.25) is 0 Å². The molecule has 0 radical (unpaired) electrons. The molecule has 1 saturated heterocycles. The maximum absolute atomic E-state index is 3.36. The van der Waals surface area contributed by atoms with Gasteiger partial charge in [0.25, 0.3) is 0 Å². The molecule has 2 atom stereocenters. The normalized spacial score (nSPS) is 38.6. The van der Waals surface area contributed by atoms with Crippen molar-refractivity contribution in [2.24, 2.45) is 11.8 Å². The lowest BCUT2D eigenvalue weighted by Crippen LogP contribution is -2.22. The van der Waals surface area contributed by atoms with E-state index in [2.05, 4.69) is 36.6 Å². The zero-order valence-corrected chi connectivity index (χ0v) is 8.43. The highest BCUT2D eigenvalue weighted by atomic mass is 15.2. The van der Waals surface area contributed by atoms with E-state index in [1.54, 1.807) is 0 Å². The van der Waals surface area contributed by atoms with Crippen LogP contribution < -0.4 is 10.6 Å². The average Bonchev–Trinajstić information content (AvgIpc) is 2.58. The van der Waals surface area contributed by atoms with E-state index in [0.29, 0.717) is 0 Å². The molecule has 0 bridgehead atoms. The van der Waals surface area contributed by atoms with Crippen LogP contribution in [0.1, 0.15) is 26.7 Å². The lowest BCUT2D eigenvalue weighted by molar-refractivity contribution is 0.250. The van der Waals surface area contributed by atoms with Crippen LogP contribution in [-0.4, -0.2) is 6.67 Å². The largest absolute Gasteiger partial charge is 0.367 e. The second kappa shape index (κ2) is 3.44. The highest BCUT2D eigenvalue weighted by Gasteiger charge is 2.26. The van der Waals surface area contributed by atoms with Crippen LogP contribution in [-0.2, 0) is 0 Å². The van der Waals surface area contributed by atoms with E-state index in [0.717, 1.165) is 18.5 Å². The smallest absolute Gasteiger partial charge is 0.0850 e. The maximum Gasteiger partial charge on any atom is 0.0850 e. The topological polar surface area (TPSA) is 24.1 Å². The van der Waals surface area contributed by atoms with Gasteiger partial charge in [-0.25, -0.2) is 0 Å². The van der Waals surface area contributed by atoms with Crippen molar-refractivity contribution >= 4 is 0 Å². The van der Waals surface area contributed by atoms with Crippen LogP contribution in [0, 0.1) is 11.8 Å². The predicted molar refractivity (Wildman–Crippen MR) is 54.9 cm³/mol. The van der Waals surface area contributed by atoms with Crippen molar-refractivity contribution in [1.29, 1.82) is 0 Å². The molecule has 2 rings (SSSR count). The molecule has 0 aromatic rings. The van der Waals surface area contributed by atoms with Gasteiger partial charge in [0.2, 0.25) is 0 Å². The average molecular weight is 178 g/mol.